The van der Waals surface area contributed by atoms with E-state index >= 15 is 0 Å². The molecule has 3 amide bonds. The predicted octanol–water partition coefficient (Wildman–Crippen LogP) is 3.97. The predicted molar refractivity (Wildman–Crippen MR) is 82.6 cm³/mol. The van der Waals surface area contributed by atoms with Crippen LogP contribution in [0.3, 0.4) is 0 Å². The number of halogens is 4. The van der Waals surface area contributed by atoms with Gasteiger partial charge in [-0.2, -0.15) is 13.2 Å². The van der Waals surface area contributed by atoms with Crippen LogP contribution in [0.15, 0.2) is 17.0 Å². The summed E-state index contributed by atoms with van der Waals surface area (Å²) in [5.41, 5.74) is -1.21. The van der Waals surface area contributed by atoms with Crippen molar-refractivity contribution in [1.29, 1.82) is 0 Å². The molecule has 0 spiro atoms. The molecular weight excluding hydrogens is 348 g/mol. The number of hydrogen-bond acceptors (Lipinski definition) is 3. The highest BCUT2D eigenvalue weighted by Crippen LogP contribution is 2.38. The van der Waals surface area contributed by atoms with Gasteiger partial charge in [0.15, 0.2) is 0 Å². The number of nitrogens with zero attached hydrogens (tertiary/aromatic N) is 2. The third-order valence-corrected chi connectivity index (χ3v) is 4.96. The number of imide groups is 1. The van der Waals surface area contributed by atoms with Crippen LogP contribution in [-0.4, -0.2) is 41.4 Å². The van der Waals surface area contributed by atoms with Crippen LogP contribution >= 0.6 is 11.8 Å². The zero-order valence-corrected chi connectivity index (χ0v) is 14.3. The zero-order chi connectivity index (χ0) is 18.4. The fourth-order valence-electron chi connectivity index (χ4n) is 2.51. The lowest BCUT2D eigenvalue weighted by Gasteiger charge is -2.28. The van der Waals surface area contributed by atoms with E-state index in [0.29, 0.717) is 17.3 Å². The first kappa shape index (κ1) is 18.6. The lowest BCUT2D eigenvalue weighted by atomic mass is 10.0. The SMILES string of the molecule is Cc1cc(F)c(N2C(=O)N(C)C(=O)C2(C)C)cc1SCC(F)(F)F. The van der Waals surface area contributed by atoms with Gasteiger partial charge in [0.25, 0.3) is 5.91 Å². The standard InChI is InChI=1S/C15H16F4N2O2S/c1-8-5-9(16)10(6-11(8)24-7-15(17,18)19)21-13(23)20(4)12(22)14(21,2)3/h5-6H,7H2,1-4H3. The molecule has 0 saturated carbocycles. The van der Waals surface area contributed by atoms with Crippen molar-refractivity contribution < 1.29 is 27.2 Å². The Labute approximate surface area is 140 Å². The highest BCUT2D eigenvalue weighted by Gasteiger charge is 2.51. The summed E-state index contributed by atoms with van der Waals surface area (Å²) in [6.07, 6.45) is -4.37. The molecule has 132 valence electrons. The maximum absolute atomic E-state index is 14.4. The largest absolute Gasteiger partial charge is 0.398 e. The van der Waals surface area contributed by atoms with Crippen LogP contribution in [0, 0.1) is 12.7 Å². The van der Waals surface area contributed by atoms with Gasteiger partial charge in [-0.05, 0) is 38.5 Å². The molecule has 0 atom stereocenters. The minimum absolute atomic E-state index is 0.203. The first-order valence-electron chi connectivity index (χ1n) is 6.98. The number of alkyl halides is 3. The van der Waals surface area contributed by atoms with Crippen molar-refractivity contribution in [3.05, 3.63) is 23.5 Å². The molecule has 1 heterocycles. The molecule has 1 saturated heterocycles. The number of rotatable bonds is 3. The van der Waals surface area contributed by atoms with E-state index in [1.807, 2.05) is 0 Å². The Hall–Kier alpha value is -1.77. The molecular formula is C15H16F4N2O2S. The van der Waals surface area contributed by atoms with Gasteiger partial charge in [0.1, 0.15) is 11.4 Å². The molecule has 2 rings (SSSR count). The van der Waals surface area contributed by atoms with Crippen molar-refractivity contribution >= 4 is 29.4 Å². The lowest BCUT2D eigenvalue weighted by Crippen LogP contribution is -2.44. The fraction of sp³-hybridized carbons (Fsp3) is 0.467. The summed E-state index contributed by atoms with van der Waals surface area (Å²) in [5, 5.41) is 0. The van der Waals surface area contributed by atoms with Gasteiger partial charge in [-0.25, -0.2) is 9.18 Å². The maximum Gasteiger partial charge on any atom is 0.398 e. The van der Waals surface area contributed by atoms with Gasteiger partial charge < -0.3 is 0 Å². The number of benzene rings is 1. The quantitative estimate of drug-likeness (QED) is 0.463. The van der Waals surface area contributed by atoms with Crippen LogP contribution < -0.4 is 4.90 Å². The number of carbonyl (C=O) groups excluding carboxylic acids is 2. The highest BCUT2D eigenvalue weighted by molar-refractivity contribution is 7.99. The summed E-state index contributed by atoms with van der Waals surface area (Å²) in [5.74, 6) is -2.42. The van der Waals surface area contributed by atoms with Gasteiger partial charge in [-0.3, -0.25) is 14.6 Å². The summed E-state index contributed by atoms with van der Waals surface area (Å²) in [6, 6.07) is 1.53. The monoisotopic (exact) mass is 364 g/mol. The molecule has 0 bridgehead atoms. The van der Waals surface area contributed by atoms with Crippen LogP contribution in [0.25, 0.3) is 0 Å². The Kier molecular flexibility index (Phi) is 4.60. The Bertz CT molecular complexity index is 703. The molecule has 1 aromatic carbocycles. The maximum atomic E-state index is 14.4. The summed E-state index contributed by atoms with van der Waals surface area (Å²) in [7, 11) is 1.28. The number of amides is 3. The number of hydrogen-bond donors (Lipinski definition) is 0. The number of carbonyl (C=O) groups is 2. The second-order valence-corrected chi connectivity index (χ2v) is 7.03. The normalized spacial score (nSPS) is 17.8. The summed E-state index contributed by atoms with van der Waals surface area (Å²) >= 11 is 0.510. The van der Waals surface area contributed by atoms with Gasteiger partial charge in [0, 0.05) is 11.9 Å². The van der Waals surface area contributed by atoms with E-state index in [0.717, 1.165) is 15.9 Å². The molecule has 0 radical (unpaired) electrons. The Balaban J connectivity index is 2.47. The second-order valence-electron chi connectivity index (χ2n) is 6.01. The molecule has 24 heavy (non-hydrogen) atoms. The van der Waals surface area contributed by atoms with Gasteiger partial charge in [0.2, 0.25) is 0 Å². The Morgan fingerprint density at radius 3 is 2.25 bits per heavy atom. The Morgan fingerprint density at radius 1 is 1.21 bits per heavy atom. The van der Waals surface area contributed by atoms with E-state index in [-0.39, 0.29) is 10.6 Å². The van der Waals surface area contributed by atoms with E-state index in [4.69, 9.17) is 0 Å². The molecule has 0 unspecified atom stereocenters. The molecule has 4 nitrogen and oxygen atoms in total. The van der Waals surface area contributed by atoms with Gasteiger partial charge in [-0.1, -0.05) is 0 Å². The molecule has 9 heteroatoms. The smallest absolute Gasteiger partial charge is 0.276 e. The minimum Gasteiger partial charge on any atom is -0.276 e. The lowest BCUT2D eigenvalue weighted by molar-refractivity contribution is -0.128. The van der Waals surface area contributed by atoms with E-state index in [2.05, 4.69) is 0 Å². The van der Waals surface area contributed by atoms with Gasteiger partial charge in [-0.15, -0.1) is 11.8 Å². The third-order valence-electron chi connectivity index (χ3n) is 3.74. The average molecular weight is 364 g/mol. The van der Waals surface area contributed by atoms with E-state index in [9.17, 15) is 27.2 Å². The number of urea groups is 1. The van der Waals surface area contributed by atoms with Crippen molar-refractivity contribution in [3.63, 3.8) is 0 Å². The molecule has 1 aliphatic rings. The molecule has 0 N–H and O–H groups in total. The number of thioether (sulfide) groups is 1. The number of likely N-dealkylation sites (N-methyl/N-ethyl adjacent to an activating group) is 1. The fourth-order valence-corrected chi connectivity index (χ4v) is 3.32. The minimum atomic E-state index is -4.37. The molecule has 1 aromatic rings. The molecule has 0 aliphatic carbocycles. The van der Waals surface area contributed by atoms with Crippen LogP contribution in [-0.2, 0) is 4.79 Å². The van der Waals surface area contributed by atoms with Crippen LogP contribution in [0.5, 0.6) is 0 Å². The molecule has 1 aliphatic heterocycles. The van der Waals surface area contributed by atoms with Gasteiger partial charge >= 0.3 is 12.2 Å². The zero-order valence-electron chi connectivity index (χ0n) is 13.5. The molecule has 0 aromatic heterocycles. The summed E-state index contributed by atoms with van der Waals surface area (Å²) in [6.45, 7) is 4.40. The van der Waals surface area contributed by atoms with E-state index in [1.54, 1.807) is 0 Å². The van der Waals surface area contributed by atoms with Crippen molar-refractivity contribution in [2.45, 2.75) is 37.4 Å². The first-order valence-corrected chi connectivity index (χ1v) is 7.97. The van der Waals surface area contributed by atoms with E-state index < -0.39 is 35.2 Å². The van der Waals surface area contributed by atoms with Gasteiger partial charge in [0.05, 0.1) is 11.4 Å². The summed E-state index contributed by atoms with van der Waals surface area (Å²) < 4.78 is 51.7. The second kappa shape index (κ2) is 5.94. The Morgan fingerprint density at radius 2 is 1.79 bits per heavy atom. The van der Waals surface area contributed by atoms with Crippen LogP contribution in [0.4, 0.5) is 28.0 Å². The number of aryl methyl sites for hydroxylation is 1. The van der Waals surface area contributed by atoms with Crippen LogP contribution in [0.2, 0.25) is 0 Å². The van der Waals surface area contributed by atoms with Crippen LogP contribution in [0.1, 0.15) is 19.4 Å². The number of anilines is 1. The van der Waals surface area contributed by atoms with Crippen molar-refractivity contribution in [3.8, 4) is 0 Å². The third kappa shape index (κ3) is 3.22. The van der Waals surface area contributed by atoms with Crippen molar-refractivity contribution in [2.75, 3.05) is 17.7 Å². The van der Waals surface area contributed by atoms with Crippen molar-refractivity contribution in [1.82, 2.24) is 4.90 Å². The molecule has 1 fully saturated rings. The highest BCUT2D eigenvalue weighted by atomic mass is 32.2. The first-order chi connectivity index (χ1) is 10.9. The average Bonchev–Trinajstić information content (AvgIpc) is 2.59. The van der Waals surface area contributed by atoms with E-state index in [1.165, 1.54) is 33.9 Å². The summed E-state index contributed by atoms with van der Waals surface area (Å²) in [4.78, 5) is 26.4. The topological polar surface area (TPSA) is 40.6 Å². The van der Waals surface area contributed by atoms with Crippen molar-refractivity contribution in [2.24, 2.45) is 0 Å².